The summed E-state index contributed by atoms with van der Waals surface area (Å²) in [6.07, 6.45) is 2.19. The van der Waals surface area contributed by atoms with E-state index in [1.54, 1.807) is 12.1 Å². The Labute approximate surface area is 123 Å². The van der Waals surface area contributed by atoms with Crippen LogP contribution in [0.4, 0.5) is 4.39 Å². The zero-order valence-electron chi connectivity index (χ0n) is 11.2. The molecule has 1 aliphatic carbocycles. The van der Waals surface area contributed by atoms with Crippen molar-refractivity contribution in [3.8, 4) is 0 Å². The van der Waals surface area contributed by atoms with E-state index < -0.39 is 0 Å². The molecule has 0 unspecified atom stereocenters. The van der Waals surface area contributed by atoms with Crippen molar-refractivity contribution in [1.82, 2.24) is 5.32 Å². The lowest BCUT2D eigenvalue weighted by molar-refractivity contribution is 0.289. The lowest BCUT2D eigenvalue weighted by atomic mass is 9.76. The zero-order valence-corrected chi connectivity index (χ0v) is 11.9. The number of hydrogen-bond donors (Lipinski definition) is 1. The third kappa shape index (κ3) is 3.02. The van der Waals surface area contributed by atoms with Crippen molar-refractivity contribution in [3.63, 3.8) is 0 Å². The van der Waals surface area contributed by atoms with Crippen molar-refractivity contribution in [3.05, 3.63) is 70.5 Å². The maximum absolute atomic E-state index is 13.1. The van der Waals surface area contributed by atoms with Crippen molar-refractivity contribution in [2.24, 2.45) is 0 Å². The Balaban J connectivity index is 1.50. The highest BCUT2D eigenvalue weighted by Crippen LogP contribution is 2.39. The second-order valence-electron chi connectivity index (χ2n) is 5.40. The molecular formula is C17H17ClFN. The number of halogens is 2. The molecule has 0 saturated heterocycles. The van der Waals surface area contributed by atoms with Gasteiger partial charge in [-0.1, -0.05) is 41.9 Å². The molecule has 0 amide bonds. The average molecular weight is 290 g/mol. The molecule has 0 aromatic heterocycles. The fourth-order valence-corrected chi connectivity index (χ4v) is 3.04. The van der Waals surface area contributed by atoms with Gasteiger partial charge in [-0.05, 0) is 48.1 Å². The van der Waals surface area contributed by atoms with Gasteiger partial charge in [0.05, 0.1) is 0 Å². The standard InChI is InChI=1S/C17H17ClFN/c18-17-7-2-1-6-16(17)13-9-15(10-13)20-11-12-4-3-5-14(19)8-12/h1-8,13,15,20H,9-11H2. The topological polar surface area (TPSA) is 12.0 Å². The molecule has 0 heterocycles. The summed E-state index contributed by atoms with van der Waals surface area (Å²) >= 11 is 6.21. The van der Waals surface area contributed by atoms with Gasteiger partial charge >= 0.3 is 0 Å². The van der Waals surface area contributed by atoms with Crippen LogP contribution in [0.15, 0.2) is 48.5 Å². The first kappa shape index (κ1) is 13.6. The third-order valence-electron chi connectivity index (χ3n) is 3.97. The summed E-state index contributed by atoms with van der Waals surface area (Å²) in [5.74, 6) is 0.376. The van der Waals surface area contributed by atoms with E-state index in [1.807, 2.05) is 24.3 Å². The lowest BCUT2D eigenvalue weighted by Gasteiger charge is -2.37. The summed E-state index contributed by atoms with van der Waals surface area (Å²) in [5.41, 5.74) is 2.24. The van der Waals surface area contributed by atoms with Crippen molar-refractivity contribution in [2.75, 3.05) is 0 Å². The first-order chi connectivity index (χ1) is 9.72. The first-order valence-corrected chi connectivity index (χ1v) is 7.32. The summed E-state index contributed by atoms with van der Waals surface area (Å²) < 4.78 is 13.1. The predicted octanol–water partition coefficient (Wildman–Crippen LogP) is 4.51. The van der Waals surface area contributed by atoms with Crippen LogP contribution in [0.1, 0.15) is 29.9 Å². The van der Waals surface area contributed by atoms with Crippen LogP contribution in [-0.2, 0) is 6.54 Å². The van der Waals surface area contributed by atoms with Crippen molar-refractivity contribution < 1.29 is 4.39 Å². The van der Waals surface area contributed by atoms with Gasteiger partial charge in [0.15, 0.2) is 0 Å². The SMILES string of the molecule is Fc1cccc(CNC2CC(c3ccccc3Cl)C2)c1. The minimum atomic E-state index is -0.174. The normalized spacial score (nSPS) is 21.5. The van der Waals surface area contributed by atoms with Crippen molar-refractivity contribution >= 4 is 11.6 Å². The summed E-state index contributed by atoms with van der Waals surface area (Å²) in [7, 11) is 0. The molecule has 1 aliphatic rings. The van der Waals surface area contributed by atoms with Crippen LogP contribution in [0.3, 0.4) is 0 Å². The molecule has 3 heteroatoms. The number of nitrogens with one attached hydrogen (secondary N) is 1. The smallest absolute Gasteiger partial charge is 0.123 e. The lowest BCUT2D eigenvalue weighted by Crippen LogP contribution is -2.39. The molecule has 2 aromatic carbocycles. The molecule has 0 aliphatic heterocycles. The molecule has 20 heavy (non-hydrogen) atoms. The second-order valence-corrected chi connectivity index (χ2v) is 5.80. The fraction of sp³-hybridized carbons (Fsp3) is 0.294. The van der Waals surface area contributed by atoms with Gasteiger partial charge in [-0.3, -0.25) is 0 Å². The van der Waals surface area contributed by atoms with Crippen molar-refractivity contribution in [1.29, 1.82) is 0 Å². The van der Waals surface area contributed by atoms with E-state index in [2.05, 4.69) is 11.4 Å². The maximum atomic E-state index is 13.1. The van der Waals surface area contributed by atoms with Gasteiger partial charge in [0.1, 0.15) is 5.82 Å². The molecule has 1 nitrogen and oxygen atoms in total. The Morgan fingerprint density at radius 1 is 1.10 bits per heavy atom. The molecular weight excluding hydrogens is 273 g/mol. The zero-order chi connectivity index (χ0) is 13.9. The number of hydrogen-bond acceptors (Lipinski definition) is 1. The summed E-state index contributed by atoms with van der Waals surface area (Å²) in [4.78, 5) is 0. The van der Waals surface area contributed by atoms with Crippen molar-refractivity contribution in [2.45, 2.75) is 31.3 Å². The third-order valence-corrected chi connectivity index (χ3v) is 4.31. The van der Waals surface area contributed by atoms with E-state index in [-0.39, 0.29) is 5.82 Å². The Bertz CT molecular complexity index is 593. The number of benzene rings is 2. The second kappa shape index (κ2) is 5.94. The highest BCUT2D eigenvalue weighted by Gasteiger charge is 2.30. The first-order valence-electron chi connectivity index (χ1n) is 6.94. The minimum Gasteiger partial charge on any atom is -0.310 e. The molecule has 1 fully saturated rings. The average Bonchev–Trinajstić information content (AvgIpc) is 2.39. The highest BCUT2D eigenvalue weighted by molar-refractivity contribution is 6.31. The van der Waals surface area contributed by atoms with Crippen LogP contribution >= 0.6 is 11.6 Å². The van der Waals surface area contributed by atoms with Gasteiger partial charge in [0.25, 0.3) is 0 Å². The Kier molecular flexibility index (Phi) is 4.04. The summed E-state index contributed by atoms with van der Waals surface area (Å²) in [5, 5.41) is 4.33. The van der Waals surface area contributed by atoms with Gasteiger partial charge in [-0.15, -0.1) is 0 Å². The molecule has 1 saturated carbocycles. The molecule has 0 bridgehead atoms. The minimum absolute atomic E-state index is 0.174. The largest absolute Gasteiger partial charge is 0.310 e. The van der Waals surface area contributed by atoms with E-state index in [0.29, 0.717) is 12.0 Å². The molecule has 0 atom stereocenters. The van der Waals surface area contributed by atoms with E-state index in [1.165, 1.54) is 11.6 Å². The maximum Gasteiger partial charge on any atom is 0.123 e. The Morgan fingerprint density at radius 2 is 1.90 bits per heavy atom. The molecule has 3 rings (SSSR count). The van der Waals surface area contributed by atoms with E-state index in [4.69, 9.17) is 11.6 Å². The van der Waals surface area contributed by atoms with Gasteiger partial charge in [0.2, 0.25) is 0 Å². The predicted molar refractivity (Wildman–Crippen MR) is 80.5 cm³/mol. The molecule has 0 radical (unpaired) electrons. The molecule has 104 valence electrons. The van der Waals surface area contributed by atoms with Gasteiger partial charge in [-0.25, -0.2) is 4.39 Å². The molecule has 2 aromatic rings. The molecule has 0 spiro atoms. The van der Waals surface area contributed by atoms with Crippen LogP contribution in [0, 0.1) is 5.82 Å². The van der Waals surface area contributed by atoms with E-state index in [0.717, 1.165) is 30.0 Å². The molecule has 1 N–H and O–H groups in total. The Morgan fingerprint density at radius 3 is 2.65 bits per heavy atom. The fourth-order valence-electron chi connectivity index (χ4n) is 2.75. The quantitative estimate of drug-likeness (QED) is 0.873. The van der Waals surface area contributed by atoms with Crippen LogP contribution < -0.4 is 5.32 Å². The van der Waals surface area contributed by atoms with Crippen LogP contribution in [0.2, 0.25) is 5.02 Å². The van der Waals surface area contributed by atoms with E-state index >= 15 is 0 Å². The highest BCUT2D eigenvalue weighted by atomic mass is 35.5. The van der Waals surface area contributed by atoms with Crippen LogP contribution in [-0.4, -0.2) is 6.04 Å². The summed E-state index contributed by atoms with van der Waals surface area (Å²) in [6, 6.07) is 15.3. The van der Waals surface area contributed by atoms with E-state index in [9.17, 15) is 4.39 Å². The summed E-state index contributed by atoms with van der Waals surface area (Å²) in [6.45, 7) is 0.720. The van der Waals surface area contributed by atoms with Gasteiger partial charge < -0.3 is 5.32 Å². The van der Waals surface area contributed by atoms with Gasteiger partial charge in [-0.2, -0.15) is 0 Å². The van der Waals surface area contributed by atoms with Gasteiger partial charge in [0, 0.05) is 17.6 Å². The van der Waals surface area contributed by atoms with Crippen LogP contribution in [0.25, 0.3) is 0 Å². The monoisotopic (exact) mass is 289 g/mol. The Hall–Kier alpha value is -1.38. The van der Waals surface area contributed by atoms with Crippen LogP contribution in [0.5, 0.6) is 0 Å². The number of rotatable bonds is 4.